The Balaban J connectivity index is 2.48. The predicted octanol–water partition coefficient (Wildman–Crippen LogP) is 3.36. The lowest BCUT2D eigenvalue weighted by Gasteiger charge is -2.14. The summed E-state index contributed by atoms with van der Waals surface area (Å²) in [6, 6.07) is 6.48. The van der Waals surface area contributed by atoms with Gasteiger partial charge in [0.25, 0.3) is 0 Å². The van der Waals surface area contributed by atoms with Crippen LogP contribution < -0.4 is 0 Å². The number of alkyl halides is 1. The molecule has 1 aromatic heterocycles. The molecule has 18 heavy (non-hydrogen) atoms. The summed E-state index contributed by atoms with van der Waals surface area (Å²) in [5.41, 5.74) is 3.58. The van der Waals surface area contributed by atoms with Crippen LogP contribution in [0.5, 0.6) is 0 Å². The quantitative estimate of drug-likeness (QED) is 0.808. The molecular formula is C14H20BrN3. The SMILES string of the molecule is Cc1ccc2c(c1)nc(C(C)Br)n2CCN(C)C. The van der Waals surface area contributed by atoms with Crippen LogP contribution in [0.4, 0.5) is 0 Å². The monoisotopic (exact) mass is 309 g/mol. The van der Waals surface area contributed by atoms with Gasteiger partial charge in [0.15, 0.2) is 0 Å². The van der Waals surface area contributed by atoms with Crippen molar-refractivity contribution in [3.05, 3.63) is 29.6 Å². The van der Waals surface area contributed by atoms with E-state index in [1.165, 1.54) is 11.1 Å². The fourth-order valence-corrected chi connectivity index (χ4v) is 2.45. The summed E-state index contributed by atoms with van der Waals surface area (Å²) in [7, 11) is 4.20. The number of nitrogens with zero attached hydrogens (tertiary/aromatic N) is 3. The Bertz CT molecular complexity index is 543. The topological polar surface area (TPSA) is 21.1 Å². The smallest absolute Gasteiger partial charge is 0.123 e. The van der Waals surface area contributed by atoms with E-state index in [-0.39, 0.29) is 4.83 Å². The van der Waals surface area contributed by atoms with Crippen LogP contribution in [0, 0.1) is 6.92 Å². The standard InChI is InChI=1S/C14H20BrN3/c1-10-5-6-13-12(9-10)16-14(11(2)15)18(13)8-7-17(3)4/h5-6,9,11H,7-8H2,1-4H3. The van der Waals surface area contributed by atoms with Gasteiger partial charge in [-0.1, -0.05) is 22.0 Å². The van der Waals surface area contributed by atoms with Crippen molar-refractivity contribution in [3.63, 3.8) is 0 Å². The number of benzene rings is 1. The average Bonchev–Trinajstić information content (AvgIpc) is 2.64. The molecule has 0 radical (unpaired) electrons. The fourth-order valence-electron chi connectivity index (χ4n) is 2.10. The Morgan fingerprint density at radius 1 is 1.39 bits per heavy atom. The lowest BCUT2D eigenvalue weighted by Crippen LogP contribution is -2.19. The number of likely N-dealkylation sites (N-methyl/N-ethyl adjacent to an activating group) is 1. The molecule has 1 atom stereocenters. The molecule has 0 aliphatic rings. The molecule has 0 aliphatic carbocycles. The van der Waals surface area contributed by atoms with E-state index < -0.39 is 0 Å². The highest BCUT2D eigenvalue weighted by atomic mass is 79.9. The maximum absolute atomic E-state index is 4.75. The molecule has 2 rings (SSSR count). The molecule has 0 bridgehead atoms. The van der Waals surface area contributed by atoms with Crippen molar-refractivity contribution < 1.29 is 0 Å². The summed E-state index contributed by atoms with van der Waals surface area (Å²) in [6.45, 7) is 6.22. The van der Waals surface area contributed by atoms with Crippen LogP contribution in [0.2, 0.25) is 0 Å². The van der Waals surface area contributed by atoms with E-state index in [9.17, 15) is 0 Å². The van der Waals surface area contributed by atoms with Crippen molar-refractivity contribution in [2.24, 2.45) is 0 Å². The third-order valence-corrected chi connectivity index (χ3v) is 3.47. The Labute approximate surface area is 117 Å². The first kappa shape index (κ1) is 13.6. The van der Waals surface area contributed by atoms with Gasteiger partial charge < -0.3 is 9.47 Å². The average molecular weight is 310 g/mol. The van der Waals surface area contributed by atoms with Gasteiger partial charge in [-0.25, -0.2) is 4.98 Å². The molecule has 98 valence electrons. The summed E-state index contributed by atoms with van der Waals surface area (Å²) in [5.74, 6) is 1.11. The minimum Gasteiger partial charge on any atom is -0.326 e. The molecule has 0 spiro atoms. The number of fused-ring (bicyclic) bond motifs is 1. The highest BCUT2D eigenvalue weighted by Gasteiger charge is 2.14. The molecule has 0 saturated carbocycles. The van der Waals surface area contributed by atoms with Crippen LogP contribution in [-0.4, -0.2) is 35.1 Å². The van der Waals surface area contributed by atoms with Gasteiger partial charge in [0.05, 0.1) is 15.9 Å². The first-order chi connectivity index (χ1) is 8.49. The summed E-state index contributed by atoms with van der Waals surface area (Å²) >= 11 is 3.64. The van der Waals surface area contributed by atoms with Gasteiger partial charge in [0.1, 0.15) is 5.82 Å². The van der Waals surface area contributed by atoms with E-state index in [1.54, 1.807) is 0 Å². The molecular weight excluding hydrogens is 290 g/mol. The third kappa shape index (κ3) is 2.75. The highest BCUT2D eigenvalue weighted by molar-refractivity contribution is 9.09. The number of hydrogen-bond acceptors (Lipinski definition) is 2. The molecule has 3 nitrogen and oxygen atoms in total. The van der Waals surface area contributed by atoms with Crippen LogP contribution in [-0.2, 0) is 6.54 Å². The first-order valence-corrected chi connectivity index (χ1v) is 7.16. The van der Waals surface area contributed by atoms with Crippen LogP contribution in [0.25, 0.3) is 11.0 Å². The van der Waals surface area contributed by atoms with E-state index in [1.807, 2.05) is 0 Å². The second-order valence-corrected chi connectivity index (χ2v) is 6.41. The van der Waals surface area contributed by atoms with Crippen LogP contribution >= 0.6 is 15.9 Å². The maximum atomic E-state index is 4.75. The number of imidazole rings is 1. The van der Waals surface area contributed by atoms with Crippen molar-refractivity contribution in [1.29, 1.82) is 0 Å². The predicted molar refractivity (Wildman–Crippen MR) is 80.4 cm³/mol. The normalized spacial score (nSPS) is 13.4. The van der Waals surface area contributed by atoms with Crippen LogP contribution in [0.3, 0.4) is 0 Å². The van der Waals surface area contributed by atoms with Gasteiger partial charge in [-0.3, -0.25) is 0 Å². The molecule has 0 N–H and O–H groups in total. The van der Waals surface area contributed by atoms with Gasteiger partial charge in [-0.15, -0.1) is 0 Å². The van der Waals surface area contributed by atoms with Crippen molar-refractivity contribution in [3.8, 4) is 0 Å². The number of aromatic nitrogens is 2. The molecule has 1 heterocycles. The van der Waals surface area contributed by atoms with Gasteiger partial charge in [0, 0.05) is 13.1 Å². The fraction of sp³-hybridized carbons (Fsp3) is 0.500. The molecule has 0 amide bonds. The van der Waals surface area contributed by atoms with E-state index in [0.717, 1.165) is 24.4 Å². The minimum atomic E-state index is 0.271. The number of aryl methyl sites for hydroxylation is 1. The number of rotatable bonds is 4. The van der Waals surface area contributed by atoms with Crippen molar-refractivity contribution in [2.75, 3.05) is 20.6 Å². The van der Waals surface area contributed by atoms with Crippen LogP contribution in [0.1, 0.15) is 23.1 Å². The van der Waals surface area contributed by atoms with Gasteiger partial charge in [-0.05, 0) is 45.6 Å². The Kier molecular flexibility index (Phi) is 4.07. The maximum Gasteiger partial charge on any atom is 0.123 e. The van der Waals surface area contributed by atoms with Crippen molar-refractivity contribution >= 4 is 27.0 Å². The first-order valence-electron chi connectivity index (χ1n) is 6.24. The zero-order valence-corrected chi connectivity index (χ0v) is 13.0. The summed E-state index contributed by atoms with van der Waals surface area (Å²) < 4.78 is 2.31. The third-order valence-electron chi connectivity index (χ3n) is 3.06. The zero-order valence-electron chi connectivity index (χ0n) is 11.4. The van der Waals surface area contributed by atoms with Gasteiger partial charge in [-0.2, -0.15) is 0 Å². The minimum absolute atomic E-state index is 0.271. The molecule has 0 saturated heterocycles. The van der Waals surface area contributed by atoms with E-state index in [4.69, 9.17) is 4.98 Å². The second-order valence-electron chi connectivity index (χ2n) is 5.03. The van der Waals surface area contributed by atoms with Crippen LogP contribution in [0.15, 0.2) is 18.2 Å². The highest BCUT2D eigenvalue weighted by Crippen LogP contribution is 2.26. The summed E-state index contributed by atoms with van der Waals surface area (Å²) in [4.78, 5) is 7.22. The van der Waals surface area contributed by atoms with Gasteiger partial charge >= 0.3 is 0 Å². The molecule has 1 unspecified atom stereocenters. The largest absolute Gasteiger partial charge is 0.326 e. The van der Waals surface area contributed by atoms with E-state index >= 15 is 0 Å². The Morgan fingerprint density at radius 3 is 2.72 bits per heavy atom. The molecule has 2 aromatic rings. The van der Waals surface area contributed by atoms with Crippen molar-refractivity contribution in [1.82, 2.24) is 14.5 Å². The Hall–Kier alpha value is -0.870. The molecule has 0 fully saturated rings. The molecule has 0 aliphatic heterocycles. The lowest BCUT2D eigenvalue weighted by molar-refractivity contribution is 0.383. The summed E-state index contributed by atoms with van der Waals surface area (Å²) in [5, 5.41) is 0. The van der Waals surface area contributed by atoms with E-state index in [0.29, 0.717) is 0 Å². The molecule has 1 aromatic carbocycles. The molecule has 4 heteroatoms. The van der Waals surface area contributed by atoms with E-state index in [2.05, 4.69) is 71.5 Å². The Morgan fingerprint density at radius 2 is 2.11 bits per heavy atom. The number of halogens is 1. The summed E-state index contributed by atoms with van der Waals surface area (Å²) in [6.07, 6.45) is 0. The zero-order chi connectivity index (χ0) is 13.3. The number of hydrogen-bond donors (Lipinski definition) is 0. The van der Waals surface area contributed by atoms with Crippen molar-refractivity contribution in [2.45, 2.75) is 25.2 Å². The lowest BCUT2D eigenvalue weighted by atomic mass is 10.2. The second kappa shape index (κ2) is 5.41. The van der Waals surface area contributed by atoms with Gasteiger partial charge in [0.2, 0.25) is 0 Å².